The molecule has 2 bridgehead atoms. The molecule has 250 valence electrons. The lowest BCUT2D eigenvalue weighted by Gasteiger charge is -2.36. The normalized spacial score (nSPS) is 27.1. The number of halogens is 2. The van der Waals surface area contributed by atoms with Gasteiger partial charge in [0, 0.05) is 31.4 Å². The van der Waals surface area contributed by atoms with Crippen molar-refractivity contribution in [3.05, 3.63) is 52.0 Å². The number of benzene rings is 2. The van der Waals surface area contributed by atoms with Gasteiger partial charge in [0.2, 0.25) is 0 Å². The molecule has 47 heavy (non-hydrogen) atoms. The van der Waals surface area contributed by atoms with Crippen molar-refractivity contribution in [3.8, 4) is 11.8 Å². The third-order valence-corrected chi connectivity index (χ3v) is 11.3. The monoisotopic (exact) mass is 707 g/mol. The van der Waals surface area contributed by atoms with Crippen LogP contribution in [0.2, 0.25) is 0 Å². The molecule has 1 amide bonds. The number of alkyl halides is 1. The van der Waals surface area contributed by atoms with Gasteiger partial charge in [-0.3, -0.25) is 4.90 Å². The average molecular weight is 709 g/mol. The second-order valence-electron chi connectivity index (χ2n) is 15.1. The lowest BCUT2D eigenvalue weighted by molar-refractivity contribution is 0.0214. The molecule has 11 heteroatoms. The first-order valence-corrected chi connectivity index (χ1v) is 17.9. The number of piperazine rings is 1. The summed E-state index contributed by atoms with van der Waals surface area (Å²) in [4.78, 5) is 29.6. The number of hydrogen-bond donors (Lipinski definition) is 0. The van der Waals surface area contributed by atoms with Crippen molar-refractivity contribution in [2.24, 2.45) is 0 Å². The van der Waals surface area contributed by atoms with Crippen LogP contribution in [0.4, 0.5) is 15.0 Å². The molecule has 5 fully saturated rings. The number of anilines is 1. The second-order valence-corrected chi connectivity index (χ2v) is 15.9. The van der Waals surface area contributed by atoms with E-state index in [2.05, 4.69) is 43.9 Å². The quantitative estimate of drug-likeness (QED) is 0.248. The van der Waals surface area contributed by atoms with Gasteiger partial charge < -0.3 is 24.0 Å². The fraction of sp³-hybridized carbons (Fsp3) is 0.583. The molecule has 8 rings (SSSR count). The summed E-state index contributed by atoms with van der Waals surface area (Å²) in [6.07, 6.45) is 4.44. The van der Waals surface area contributed by atoms with Crippen LogP contribution >= 0.6 is 15.9 Å². The summed E-state index contributed by atoms with van der Waals surface area (Å²) in [6, 6.07) is 12.8. The molecule has 1 aliphatic carbocycles. The summed E-state index contributed by atoms with van der Waals surface area (Å²) < 4.78 is 34.3. The summed E-state index contributed by atoms with van der Waals surface area (Å²) in [7, 11) is 0. The molecule has 2 aromatic carbocycles. The highest BCUT2D eigenvalue weighted by Gasteiger charge is 2.50. The Kier molecular flexibility index (Phi) is 7.78. The number of amides is 1. The number of ether oxygens (including phenoxy) is 3. The zero-order valence-corrected chi connectivity index (χ0v) is 29.0. The van der Waals surface area contributed by atoms with Crippen LogP contribution in [0.25, 0.3) is 10.9 Å². The summed E-state index contributed by atoms with van der Waals surface area (Å²) in [6.45, 7) is 9.02. The lowest BCUT2D eigenvalue weighted by atomic mass is 9.95. The highest BCUT2D eigenvalue weighted by molar-refractivity contribution is 9.10. The van der Waals surface area contributed by atoms with Gasteiger partial charge in [-0.15, -0.1) is 0 Å². The van der Waals surface area contributed by atoms with E-state index in [0.717, 1.165) is 59.9 Å². The van der Waals surface area contributed by atoms with E-state index in [-0.39, 0.29) is 29.7 Å². The van der Waals surface area contributed by atoms with Crippen molar-refractivity contribution in [1.29, 1.82) is 0 Å². The maximum absolute atomic E-state index is 14.6. The van der Waals surface area contributed by atoms with Gasteiger partial charge in [0.15, 0.2) is 5.75 Å². The minimum atomic E-state index is -0.838. The minimum Gasteiger partial charge on any atom is -0.485 e. The van der Waals surface area contributed by atoms with Crippen molar-refractivity contribution in [2.45, 2.75) is 101 Å². The van der Waals surface area contributed by atoms with Crippen molar-refractivity contribution in [2.75, 3.05) is 37.7 Å². The second kappa shape index (κ2) is 11.8. The Labute approximate surface area is 283 Å². The van der Waals surface area contributed by atoms with Gasteiger partial charge in [-0.1, -0.05) is 30.3 Å². The van der Waals surface area contributed by atoms with Crippen LogP contribution in [-0.2, 0) is 11.3 Å². The number of nitrogens with zero attached hydrogens (tertiary/aromatic N) is 5. The number of carbonyl (C=O) groups excluding carboxylic acids is 1. The number of likely N-dealkylation sites (tertiary alicyclic amines) is 1. The first-order chi connectivity index (χ1) is 22.6. The van der Waals surface area contributed by atoms with Crippen LogP contribution in [-0.4, -0.2) is 88.0 Å². The molecule has 5 heterocycles. The van der Waals surface area contributed by atoms with Crippen LogP contribution in [0.3, 0.4) is 0 Å². The van der Waals surface area contributed by atoms with Crippen molar-refractivity contribution in [3.63, 3.8) is 0 Å². The largest absolute Gasteiger partial charge is 0.485 e. The van der Waals surface area contributed by atoms with Gasteiger partial charge >= 0.3 is 12.1 Å². The lowest BCUT2D eigenvalue weighted by Crippen LogP contribution is -2.50. The molecular weight excluding hydrogens is 665 g/mol. The molecule has 0 N–H and O–H groups in total. The molecule has 1 saturated carbocycles. The smallest absolute Gasteiger partial charge is 0.410 e. The van der Waals surface area contributed by atoms with E-state index < -0.39 is 11.8 Å². The van der Waals surface area contributed by atoms with Crippen LogP contribution in [0.15, 0.2) is 40.9 Å². The molecule has 0 radical (unpaired) electrons. The topological polar surface area (TPSA) is 80.3 Å². The Morgan fingerprint density at radius 3 is 2.62 bits per heavy atom. The molecule has 9 nitrogen and oxygen atoms in total. The molecule has 4 atom stereocenters. The standard InChI is InChI=1S/C36H43BrFN5O4/c1-35(2,3)47-34(44)43-19-25-14-26(43)18-42(25)32-28-15-27(23-10-11-23)29(37)31(45-20-22-8-5-4-6-9-22)30(28)39-33(40-32)46-21-36-12-7-13-41(36)17-24(38)16-36/h4-6,8-9,15,23-26H,7,10-14,16-21H2,1-3H3/t24-,25+,26+,36+/m1/s1. The van der Waals surface area contributed by atoms with Crippen LogP contribution < -0.4 is 14.4 Å². The van der Waals surface area contributed by atoms with E-state index in [0.29, 0.717) is 56.5 Å². The molecular formula is C36H43BrFN5O4. The third kappa shape index (κ3) is 5.92. The number of hydrogen-bond acceptors (Lipinski definition) is 8. The third-order valence-electron chi connectivity index (χ3n) is 10.5. The van der Waals surface area contributed by atoms with Gasteiger partial charge in [-0.05, 0) is 98.5 Å². The van der Waals surface area contributed by atoms with Gasteiger partial charge in [-0.25, -0.2) is 9.18 Å². The van der Waals surface area contributed by atoms with E-state index >= 15 is 0 Å². The zero-order chi connectivity index (χ0) is 32.5. The Hall–Kier alpha value is -3.18. The highest BCUT2D eigenvalue weighted by Crippen LogP contribution is 2.50. The van der Waals surface area contributed by atoms with Crippen LogP contribution in [0.5, 0.6) is 11.8 Å². The van der Waals surface area contributed by atoms with E-state index in [1.165, 1.54) is 5.56 Å². The van der Waals surface area contributed by atoms with Crippen molar-refractivity contribution < 1.29 is 23.4 Å². The van der Waals surface area contributed by atoms with E-state index in [1.54, 1.807) is 0 Å². The number of aromatic nitrogens is 2. The first-order valence-electron chi connectivity index (χ1n) is 17.1. The molecule has 0 unspecified atom stereocenters. The number of carbonyl (C=O) groups is 1. The summed E-state index contributed by atoms with van der Waals surface area (Å²) >= 11 is 3.92. The van der Waals surface area contributed by atoms with Crippen LogP contribution in [0, 0.1) is 0 Å². The van der Waals surface area contributed by atoms with E-state index in [1.807, 2.05) is 43.9 Å². The van der Waals surface area contributed by atoms with Crippen molar-refractivity contribution in [1.82, 2.24) is 19.8 Å². The van der Waals surface area contributed by atoms with Gasteiger partial charge in [0.1, 0.15) is 36.3 Å². The highest BCUT2D eigenvalue weighted by atomic mass is 79.9. The predicted octanol–water partition coefficient (Wildman–Crippen LogP) is 7.00. The van der Waals surface area contributed by atoms with Crippen molar-refractivity contribution >= 4 is 38.7 Å². The average Bonchev–Trinajstić information content (AvgIpc) is 3.32. The molecule has 5 aliphatic rings. The Morgan fingerprint density at radius 1 is 1.09 bits per heavy atom. The fourth-order valence-electron chi connectivity index (χ4n) is 8.15. The predicted molar refractivity (Wildman–Crippen MR) is 181 cm³/mol. The Morgan fingerprint density at radius 2 is 1.89 bits per heavy atom. The van der Waals surface area contributed by atoms with E-state index in [9.17, 15) is 9.18 Å². The minimum absolute atomic E-state index is 0.0299. The van der Waals surface area contributed by atoms with Crippen LogP contribution in [0.1, 0.15) is 76.3 Å². The molecule has 4 saturated heterocycles. The van der Waals surface area contributed by atoms with E-state index in [4.69, 9.17) is 24.2 Å². The summed E-state index contributed by atoms with van der Waals surface area (Å²) in [5, 5.41) is 0.923. The molecule has 0 spiro atoms. The first kappa shape index (κ1) is 31.1. The fourth-order valence-corrected chi connectivity index (χ4v) is 8.89. The number of rotatable bonds is 8. The maximum Gasteiger partial charge on any atom is 0.410 e. The molecule has 1 aromatic heterocycles. The Bertz CT molecular complexity index is 1680. The summed E-state index contributed by atoms with van der Waals surface area (Å²) in [5.74, 6) is 1.94. The number of fused-ring (bicyclic) bond motifs is 4. The zero-order valence-electron chi connectivity index (χ0n) is 27.4. The van der Waals surface area contributed by atoms with Gasteiger partial charge in [-0.2, -0.15) is 9.97 Å². The Balaban J connectivity index is 1.17. The van der Waals surface area contributed by atoms with Gasteiger partial charge in [0.25, 0.3) is 0 Å². The molecule has 4 aliphatic heterocycles. The van der Waals surface area contributed by atoms with Gasteiger partial charge in [0.05, 0.1) is 22.1 Å². The molecule has 3 aromatic rings. The summed E-state index contributed by atoms with van der Waals surface area (Å²) in [5.41, 5.74) is 2.10. The SMILES string of the molecule is CC(C)(C)OC(=O)N1C[C@@H]2C[C@H]1CN2c1nc(OC[C@@]23CCCN2C[C@H](F)C3)nc2c(OCc3ccccc3)c(Br)c(C3CC3)cc12. The maximum atomic E-state index is 14.6.